The second-order valence-corrected chi connectivity index (χ2v) is 18.1. The summed E-state index contributed by atoms with van der Waals surface area (Å²) in [5.41, 5.74) is 0.932. The Bertz CT molecular complexity index is 1280. The molecule has 1 fully saturated rings. The van der Waals surface area contributed by atoms with Crippen LogP contribution >= 0.6 is 0 Å². The van der Waals surface area contributed by atoms with Gasteiger partial charge in [0.25, 0.3) is 8.32 Å². The van der Waals surface area contributed by atoms with Gasteiger partial charge in [0.05, 0.1) is 97.7 Å². The normalized spacial score (nSPS) is 16.8. The lowest BCUT2D eigenvalue weighted by Crippen LogP contribution is -2.66. The van der Waals surface area contributed by atoms with E-state index in [0.29, 0.717) is 91.8 Å². The molecule has 10 nitrogen and oxygen atoms in total. The van der Waals surface area contributed by atoms with Crippen LogP contribution in [0.1, 0.15) is 63.9 Å². The van der Waals surface area contributed by atoms with Crippen LogP contribution in [0, 0.1) is 0 Å². The molecule has 11 heteroatoms. The third kappa shape index (κ3) is 13.7. The molecule has 0 aliphatic heterocycles. The van der Waals surface area contributed by atoms with Crippen molar-refractivity contribution in [3.8, 4) is 0 Å². The molecule has 0 atom stereocenters. The molecule has 4 rings (SSSR count). The van der Waals surface area contributed by atoms with Gasteiger partial charge in [-0.3, -0.25) is 0 Å². The van der Waals surface area contributed by atoms with Crippen molar-refractivity contribution in [2.24, 2.45) is 0 Å². The van der Waals surface area contributed by atoms with E-state index in [1.165, 1.54) is 10.4 Å². The fraction of sp³-hybridized carbons (Fsp3) is 0.600. The second kappa shape index (κ2) is 23.2. The molecule has 1 aliphatic carbocycles. The van der Waals surface area contributed by atoms with E-state index in [4.69, 9.17) is 47.6 Å². The van der Waals surface area contributed by atoms with Crippen LogP contribution in [0.3, 0.4) is 0 Å². The number of benzene rings is 2. The highest BCUT2D eigenvalue weighted by molar-refractivity contribution is 6.99. The first-order valence-electron chi connectivity index (χ1n) is 18.5. The molecule has 51 heavy (non-hydrogen) atoms. The lowest BCUT2D eigenvalue weighted by molar-refractivity contribution is -0.0326. The van der Waals surface area contributed by atoms with E-state index in [9.17, 15) is 0 Å². The fourth-order valence-corrected chi connectivity index (χ4v) is 11.0. The van der Waals surface area contributed by atoms with Crippen molar-refractivity contribution in [2.45, 2.75) is 70.1 Å². The van der Waals surface area contributed by atoms with Crippen molar-refractivity contribution in [2.75, 3.05) is 86.4 Å². The topological polar surface area (TPSA) is 99.6 Å². The maximum Gasteiger partial charge on any atom is 0.261 e. The Morgan fingerprint density at radius 2 is 1.08 bits per heavy atom. The SMILES string of the molecule is COCCOCCOCCOCCOCCOCCO[C@H]1CC[C@H](c2nccc(CO[Si](c3ccccc3)(c3ccccc3)C(C)(C)C)n2)CC1. The lowest BCUT2D eigenvalue weighted by Gasteiger charge is -2.43. The van der Waals surface area contributed by atoms with Crippen LogP contribution in [-0.2, 0) is 44.2 Å². The first-order chi connectivity index (χ1) is 24.9. The van der Waals surface area contributed by atoms with Crippen molar-refractivity contribution >= 4 is 18.7 Å². The minimum absolute atomic E-state index is 0.0877. The summed E-state index contributed by atoms with van der Waals surface area (Å²) in [7, 11) is -0.992. The van der Waals surface area contributed by atoms with Gasteiger partial charge in [-0.15, -0.1) is 0 Å². The smallest absolute Gasteiger partial charge is 0.261 e. The van der Waals surface area contributed by atoms with Crippen molar-refractivity contribution in [1.82, 2.24) is 9.97 Å². The van der Waals surface area contributed by atoms with E-state index >= 15 is 0 Å². The van der Waals surface area contributed by atoms with Crippen LogP contribution in [-0.4, -0.2) is 111 Å². The van der Waals surface area contributed by atoms with E-state index in [1.54, 1.807) is 7.11 Å². The molecule has 1 aliphatic rings. The van der Waals surface area contributed by atoms with E-state index in [2.05, 4.69) is 81.4 Å². The maximum atomic E-state index is 7.13. The van der Waals surface area contributed by atoms with Crippen LogP contribution in [0.25, 0.3) is 0 Å². The Morgan fingerprint density at radius 1 is 0.608 bits per heavy atom. The quantitative estimate of drug-likeness (QED) is 0.0843. The molecule has 1 saturated carbocycles. The molecule has 282 valence electrons. The zero-order chi connectivity index (χ0) is 36.0. The molecule has 0 N–H and O–H groups in total. The highest BCUT2D eigenvalue weighted by Crippen LogP contribution is 2.37. The molecule has 3 aromatic rings. The number of hydrogen-bond acceptors (Lipinski definition) is 10. The minimum atomic E-state index is -2.65. The number of ether oxygens (including phenoxy) is 7. The third-order valence-corrected chi connectivity index (χ3v) is 14.1. The van der Waals surface area contributed by atoms with Gasteiger partial charge in [-0.05, 0) is 47.2 Å². The van der Waals surface area contributed by atoms with Gasteiger partial charge in [0.2, 0.25) is 0 Å². The average Bonchev–Trinajstić information content (AvgIpc) is 3.15. The number of hydrogen-bond donors (Lipinski definition) is 0. The summed E-state index contributed by atoms with van der Waals surface area (Å²) in [6.45, 7) is 14.0. The van der Waals surface area contributed by atoms with Gasteiger partial charge in [-0.1, -0.05) is 81.4 Å². The van der Waals surface area contributed by atoms with Gasteiger partial charge < -0.3 is 37.6 Å². The van der Waals surface area contributed by atoms with Gasteiger partial charge in [-0.2, -0.15) is 0 Å². The number of rotatable bonds is 25. The largest absolute Gasteiger partial charge is 0.401 e. The van der Waals surface area contributed by atoms with Crippen molar-refractivity contribution in [3.63, 3.8) is 0 Å². The highest BCUT2D eigenvalue weighted by Gasteiger charge is 2.50. The first-order valence-corrected chi connectivity index (χ1v) is 20.4. The van der Waals surface area contributed by atoms with Crippen LogP contribution in [0.5, 0.6) is 0 Å². The van der Waals surface area contributed by atoms with E-state index in [1.807, 2.05) is 12.3 Å². The molecule has 0 spiro atoms. The molecule has 1 aromatic heterocycles. The van der Waals surface area contributed by atoms with Crippen molar-refractivity contribution < 1.29 is 37.6 Å². The molecule has 0 bridgehead atoms. The molecule has 1 heterocycles. The summed E-state index contributed by atoms with van der Waals surface area (Å²) in [4.78, 5) is 9.74. The summed E-state index contributed by atoms with van der Waals surface area (Å²) < 4.78 is 45.8. The predicted octanol–water partition coefficient (Wildman–Crippen LogP) is 5.33. The van der Waals surface area contributed by atoms with Crippen LogP contribution in [0.2, 0.25) is 5.04 Å². The number of aromatic nitrogens is 2. The Kier molecular flexibility index (Phi) is 18.7. The van der Waals surface area contributed by atoms with Gasteiger partial charge in [0.1, 0.15) is 5.82 Å². The van der Waals surface area contributed by atoms with Crippen molar-refractivity contribution in [3.05, 3.63) is 84.4 Å². The van der Waals surface area contributed by atoms with Gasteiger partial charge in [-0.25, -0.2) is 9.97 Å². The predicted molar refractivity (Wildman–Crippen MR) is 201 cm³/mol. The van der Waals surface area contributed by atoms with Gasteiger partial charge >= 0.3 is 0 Å². The zero-order valence-electron chi connectivity index (χ0n) is 31.3. The summed E-state index contributed by atoms with van der Waals surface area (Å²) >= 11 is 0. The lowest BCUT2D eigenvalue weighted by atomic mass is 9.87. The highest BCUT2D eigenvalue weighted by atomic mass is 28.4. The molecule has 0 radical (unpaired) electrons. The fourth-order valence-electron chi connectivity index (χ4n) is 6.52. The Balaban J connectivity index is 1.10. The van der Waals surface area contributed by atoms with Crippen LogP contribution < -0.4 is 10.4 Å². The van der Waals surface area contributed by atoms with Gasteiger partial charge in [0, 0.05) is 19.2 Å². The van der Waals surface area contributed by atoms with Crippen molar-refractivity contribution in [1.29, 1.82) is 0 Å². The summed E-state index contributed by atoms with van der Waals surface area (Å²) in [5.74, 6) is 1.24. The monoisotopic (exact) mass is 724 g/mol. The first kappa shape index (κ1) is 41.2. The Labute approximate surface area is 306 Å². The number of nitrogens with zero attached hydrogens (tertiary/aromatic N) is 2. The summed E-state index contributed by atoms with van der Waals surface area (Å²) in [5, 5.41) is 2.45. The second-order valence-electron chi connectivity index (χ2n) is 13.8. The minimum Gasteiger partial charge on any atom is -0.401 e. The molecular weight excluding hydrogens is 665 g/mol. The van der Waals surface area contributed by atoms with Crippen LogP contribution in [0.15, 0.2) is 72.9 Å². The average molecular weight is 725 g/mol. The molecule has 0 unspecified atom stereocenters. The number of methoxy groups -OCH3 is 1. The van der Waals surface area contributed by atoms with E-state index < -0.39 is 8.32 Å². The summed E-state index contributed by atoms with van der Waals surface area (Å²) in [6, 6.07) is 23.5. The molecular formula is C40H60N2O8Si. The Hall–Kier alpha value is -2.58. The van der Waals surface area contributed by atoms with Gasteiger partial charge in [0.15, 0.2) is 0 Å². The molecule has 0 saturated heterocycles. The molecule has 0 amide bonds. The summed E-state index contributed by atoms with van der Waals surface area (Å²) in [6.07, 6.45) is 6.14. The van der Waals surface area contributed by atoms with E-state index in [0.717, 1.165) is 37.2 Å². The zero-order valence-corrected chi connectivity index (χ0v) is 32.3. The Morgan fingerprint density at radius 3 is 1.55 bits per heavy atom. The van der Waals surface area contributed by atoms with Crippen LogP contribution in [0.4, 0.5) is 0 Å². The maximum absolute atomic E-state index is 7.13. The third-order valence-electron chi connectivity index (χ3n) is 9.13. The molecule has 2 aromatic carbocycles. The standard InChI is InChI=1S/C40H60N2O8Si/c1-40(2,3)51(37-11-7-5-8-12-37,38-13-9-6-10-14-38)50-33-35-19-20-41-39(42-35)34-15-17-36(18-16-34)49-32-31-48-30-29-47-28-27-46-26-25-45-24-23-44-22-21-43-4/h5-14,19-20,34,36H,15-18,21-33H2,1-4H3/t34-,36-. The van der Waals surface area contributed by atoms with E-state index in [-0.39, 0.29) is 11.1 Å².